The molecule has 0 aliphatic carbocycles. The first-order valence-electron chi connectivity index (χ1n) is 5.24. The molecule has 0 N–H and O–H groups in total. The number of ether oxygens (including phenoxy) is 1. The quantitative estimate of drug-likeness (QED) is 0.623. The van der Waals surface area contributed by atoms with Crippen molar-refractivity contribution in [2.75, 3.05) is 7.11 Å². The predicted molar refractivity (Wildman–Crippen MR) is 82.5 cm³/mol. The molecule has 1 aromatic carbocycles. The van der Waals surface area contributed by atoms with Gasteiger partial charge in [-0.1, -0.05) is 11.6 Å². The van der Waals surface area contributed by atoms with Crippen molar-refractivity contribution < 1.29 is 4.74 Å². The summed E-state index contributed by atoms with van der Waals surface area (Å²) in [6.45, 7) is 2.05. The molecule has 0 saturated heterocycles. The molecule has 2 aromatic rings. The summed E-state index contributed by atoms with van der Waals surface area (Å²) in [7, 11) is 1.63. The Morgan fingerprint density at radius 3 is 2.56 bits per heavy atom. The van der Waals surface area contributed by atoms with Gasteiger partial charge in [-0.25, -0.2) is 0 Å². The van der Waals surface area contributed by atoms with Crippen molar-refractivity contribution in [2.24, 2.45) is 0 Å². The Morgan fingerprint density at radius 2 is 2.00 bits per heavy atom. The van der Waals surface area contributed by atoms with Crippen molar-refractivity contribution in [2.45, 2.75) is 12.3 Å². The molecule has 1 atom stereocenters. The van der Waals surface area contributed by atoms with Gasteiger partial charge in [0.05, 0.1) is 17.0 Å². The van der Waals surface area contributed by atoms with Crippen LogP contribution in [0.1, 0.15) is 22.1 Å². The molecule has 5 heteroatoms. The van der Waals surface area contributed by atoms with Gasteiger partial charge >= 0.3 is 0 Å². The lowest BCUT2D eigenvalue weighted by Crippen LogP contribution is -1.98. The summed E-state index contributed by atoms with van der Waals surface area (Å²) >= 11 is 17.7. The maximum Gasteiger partial charge on any atom is 0.138 e. The number of aryl methyl sites for hydroxylation is 1. The van der Waals surface area contributed by atoms with Gasteiger partial charge in [0.1, 0.15) is 5.75 Å². The molecule has 96 valence electrons. The highest BCUT2D eigenvalue weighted by atomic mass is 79.9. The first-order chi connectivity index (χ1) is 8.54. The van der Waals surface area contributed by atoms with E-state index in [1.807, 2.05) is 13.0 Å². The van der Waals surface area contributed by atoms with Crippen LogP contribution in [0.5, 0.6) is 5.75 Å². The number of halogens is 3. The van der Waals surface area contributed by atoms with E-state index in [1.54, 1.807) is 24.5 Å². The van der Waals surface area contributed by atoms with Crippen molar-refractivity contribution in [3.63, 3.8) is 0 Å². The Balaban J connectivity index is 2.54. The molecule has 1 heterocycles. The fourth-order valence-electron chi connectivity index (χ4n) is 1.78. The highest BCUT2D eigenvalue weighted by Crippen LogP contribution is 2.42. The Labute approximate surface area is 129 Å². The van der Waals surface area contributed by atoms with Crippen molar-refractivity contribution in [1.82, 2.24) is 0 Å². The first-order valence-corrected chi connectivity index (χ1v) is 7.79. The SMILES string of the molecule is COc1c(Br)cc(Cl)cc1C(Cl)c1cscc1C. The highest BCUT2D eigenvalue weighted by Gasteiger charge is 2.20. The summed E-state index contributed by atoms with van der Waals surface area (Å²) in [4.78, 5) is 0. The molecule has 0 fully saturated rings. The third-order valence-corrected chi connectivity index (χ3v) is 4.84. The third kappa shape index (κ3) is 2.69. The van der Waals surface area contributed by atoms with E-state index in [2.05, 4.69) is 26.7 Å². The monoisotopic (exact) mass is 364 g/mol. The van der Waals surface area contributed by atoms with E-state index in [9.17, 15) is 0 Å². The molecule has 18 heavy (non-hydrogen) atoms. The topological polar surface area (TPSA) is 9.23 Å². The molecule has 0 aliphatic rings. The van der Waals surface area contributed by atoms with Gasteiger partial charge < -0.3 is 4.74 Å². The lowest BCUT2D eigenvalue weighted by molar-refractivity contribution is 0.407. The lowest BCUT2D eigenvalue weighted by Gasteiger charge is -2.16. The number of benzene rings is 1. The average molecular weight is 366 g/mol. The molecule has 0 saturated carbocycles. The van der Waals surface area contributed by atoms with Crippen molar-refractivity contribution in [1.29, 1.82) is 0 Å². The number of methoxy groups -OCH3 is 1. The Kier molecular flexibility index (Phi) is 4.59. The summed E-state index contributed by atoms with van der Waals surface area (Å²) in [6, 6.07) is 3.65. The fourth-order valence-corrected chi connectivity index (χ4v) is 4.13. The van der Waals surface area contributed by atoms with E-state index in [4.69, 9.17) is 27.9 Å². The van der Waals surface area contributed by atoms with E-state index in [0.717, 1.165) is 21.3 Å². The minimum Gasteiger partial charge on any atom is -0.495 e. The number of hydrogen-bond acceptors (Lipinski definition) is 2. The van der Waals surface area contributed by atoms with Crippen molar-refractivity contribution >= 4 is 50.5 Å². The van der Waals surface area contributed by atoms with Crippen LogP contribution in [0, 0.1) is 6.92 Å². The van der Waals surface area contributed by atoms with Crippen LogP contribution < -0.4 is 4.74 Å². The van der Waals surface area contributed by atoms with Gasteiger partial charge in [-0.2, -0.15) is 11.3 Å². The van der Waals surface area contributed by atoms with E-state index in [0.29, 0.717) is 5.02 Å². The molecule has 0 radical (unpaired) electrons. The van der Waals surface area contributed by atoms with Gasteiger partial charge in [0.2, 0.25) is 0 Å². The van der Waals surface area contributed by atoms with Crippen molar-refractivity contribution in [3.05, 3.63) is 49.1 Å². The van der Waals surface area contributed by atoms with E-state index in [1.165, 1.54) is 5.56 Å². The largest absolute Gasteiger partial charge is 0.495 e. The molecule has 1 aromatic heterocycles. The average Bonchev–Trinajstić information content (AvgIpc) is 2.73. The molecule has 1 unspecified atom stereocenters. The summed E-state index contributed by atoms with van der Waals surface area (Å²) in [5.41, 5.74) is 3.15. The smallest absolute Gasteiger partial charge is 0.138 e. The standard InChI is InChI=1S/C13H11BrCl2OS/c1-7-5-18-6-10(7)12(16)9-3-8(15)4-11(14)13(9)17-2/h3-6,12H,1-2H3. The van der Waals surface area contributed by atoms with E-state index >= 15 is 0 Å². The molecule has 0 bridgehead atoms. The molecule has 1 nitrogen and oxygen atoms in total. The zero-order chi connectivity index (χ0) is 13.3. The normalized spacial score (nSPS) is 12.5. The van der Waals surface area contributed by atoms with Gasteiger partial charge in [-0.3, -0.25) is 0 Å². The molecule has 0 spiro atoms. The second kappa shape index (κ2) is 5.83. The maximum absolute atomic E-state index is 6.55. The fraction of sp³-hybridized carbons (Fsp3) is 0.231. The van der Waals surface area contributed by atoms with Gasteiger partial charge in [0.15, 0.2) is 0 Å². The lowest BCUT2D eigenvalue weighted by atomic mass is 10.0. The van der Waals surface area contributed by atoms with Gasteiger partial charge in [0, 0.05) is 10.6 Å². The van der Waals surface area contributed by atoms with Gasteiger partial charge in [-0.05, 0) is 56.9 Å². The van der Waals surface area contributed by atoms with E-state index < -0.39 is 0 Å². The summed E-state index contributed by atoms with van der Waals surface area (Å²) < 4.78 is 6.21. The van der Waals surface area contributed by atoms with Crippen LogP contribution in [0.4, 0.5) is 0 Å². The van der Waals surface area contributed by atoms with Crippen LogP contribution >= 0.6 is 50.5 Å². The molecular formula is C13H11BrCl2OS. The predicted octanol–water partition coefficient (Wildman–Crippen LogP) is 5.81. The van der Waals surface area contributed by atoms with Crippen LogP contribution in [-0.4, -0.2) is 7.11 Å². The highest BCUT2D eigenvalue weighted by molar-refractivity contribution is 9.10. The summed E-state index contributed by atoms with van der Waals surface area (Å²) in [5, 5.41) is 4.51. The third-order valence-electron chi connectivity index (χ3n) is 2.68. The number of hydrogen-bond donors (Lipinski definition) is 0. The van der Waals surface area contributed by atoms with Crippen LogP contribution in [0.3, 0.4) is 0 Å². The number of thiophene rings is 1. The molecule has 0 amide bonds. The summed E-state index contributed by atoms with van der Waals surface area (Å²) in [6.07, 6.45) is 0. The zero-order valence-electron chi connectivity index (χ0n) is 9.84. The second-order valence-corrected chi connectivity index (χ2v) is 6.35. The zero-order valence-corrected chi connectivity index (χ0v) is 13.8. The minimum absolute atomic E-state index is 0.263. The van der Waals surface area contributed by atoms with Gasteiger partial charge in [-0.15, -0.1) is 11.6 Å². The first kappa shape index (κ1) is 14.2. The number of rotatable bonds is 3. The second-order valence-electron chi connectivity index (χ2n) is 3.88. The van der Waals surface area contributed by atoms with E-state index in [-0.39, 0.29) is 5.38 Å². The molecular weight excluding hydrogens is 355 g/mol. The summed E-state index contributed by atoms with van der Waals surface area (Å²) in [5.74, 6) is 0.727. The van der Waals surface area contributed by atoms with Crippen LogP contribution in [0.25, 0.3) is 0 Å². The minimum atomic E-state index is -0.263. The van der Waals surface area contributed by atoms with Crippen molar-refractivity contribution in [3.8, 4) is 5.75 Å². The van der Waals surface area contributed by atoms with Crippen LogP contribution in [0.2, 0.25) is 5.02 Å². The Bertz CT molecular complexity index is 568. The molecule has 2 rings (SSSR count). The van der Waals surface area contributed by atoms with Crippen LogP contribution in [-0.2, 0) is 0 Å². The van der Waals surface area contributed by atoms with Crippen LogP contribution in [0.15, 0.2) is 27.4 Å². The maximum atomic E-state index is 6.55. The molecule has 0 aliphatic heterocycles. The number of alkyl halides is 1. The Hall–Kier alpha value is -0.220. The van der Waals surface area contributed by atoms with Gasteiger partial charge in [0.25, 0.3) is 0 Å². The Morgan fingerprint density at radius 1 is 1.28 bits per heavy atom.